The average molecular weight is 330 g/mol. The van der Waals surface area contributed by atoms with Crippen LogP contribution in [-0.2, 0) is 6.42 Å². The van der Waals surface area contributed by atoms with Crippen molar-refractivity contribution in [3.05, 3.63) is 53.6 Å². The van der Waals surface area contributed by atoms with Crippen LogP contribution in [0.2, 0.25) is 0 Å². The Labute approximate surface area is 141 Å². The zero-order chi connectivity index (χ0) is 17.5. The molecular weight excluding hydrogens is 308 g/mol. The number of hydrogen-bond donors (Lipinski definition) is 3. The van der Waals surface area contributed by atoms with E-state index in [9.17, 15) is 15.3 Å². The molecule has 0 aromatic heterocycles. The van der Waals surface area contributed by atoms with Crippen molar-refractivity contribution in [1.82, 2.24) is 0 Å². The molecule has 5 heteroatoms. The summed E-state index contributed by atoms with van der Waals surface area (Å²) >= 11 is 0. The first kappa shape index (κ1) is 17.7. The lowest BCUT2D eigenvalue weighted by Gasteiger charge is -2.11. The van der Waals surface area contributed by atoms with Gasteiger partial charge in [0, 0.05) is 12.5 Å². The minimum atomic E-state index is -0.0842. The second-order valence-electron chi connectivity index (χ2n) is 5.44. The molecule has 1 atom stereocenters. The van der Waals surface area contributed by atoms with Crippen molar-refractivity contribution < 1.29 is 24.8 Å². The lowest BCUT2D eigenvalue weighted by molar-refractivity contribution is 0.252. The maximum Gasteiger partial charge on any atom is 0.161 e. The molecule has 2 aromatic carbocycles. The van der Waals surface area contributed by atoms with Gasteiger partial charge in [-0.3, -0.25) is 0 Å². The molecule has 0 aliphatic heterocycles. The number of methoxy groups -OCH3 is 2. The van der Waals surface area contributed by atoms with E-state index in [-0.39, 0.29) is 24.0 Å². The van der Waals surface area contributed by atoms with Crippen molar-refractivity contribution in [3.63, 3.8) is 0 Å². The lowest BCUT2D eigenvalue weighted by atomic mass is 9.98. The molecule has 0 saturated carbocycles. The highest BCUT2D eigenvalue weighted by atomic mass is 16.5. The number of aromatic hydroxyl groups is 2. The minimum absolute atomic E-state index is 0.00505. The summed E-state index contributed by atoms with van der Waals surface area (Å²) in [6, 6.07) is 10.2. The SMILES string of the molecule is COc1cc(/C=C\[C@H](CO)Cc2ccc(O)c(OC)c2)ccc1O. The van der Waals surface area contributed by atoms with Crippen LogP contribution in [0.4, 0.5) is 0 Å². The molecule has 128 valence electrons. The number of ether oxygens (including phenoxy) is 2. The van der Waals surface area contributed by atoms with Crippen LogP contribution < -0.4 is 9.47 Å². The van der Waals surface area contributed by atoms with Crippen molar-refractivity contribution in [1.29, 1.82) is 0 Å². The van der Waals surface area contributed by atoms with Crippen LogP contribution in [0.1, 0.15) is 11.1 Å². The Hall–Kier alpha value is -2.66. The zero-order valence-corrected chi connectivity index (χ0v) is 13.8. The molecule has 5 nitrogen and oxygen atoms in total. The largest absolute Gasteiger partial charge is 0.504 e. The molecule has 0 saturated heterocycles. The summed E-state index contributed by atoms with van der Waals surface area (Å²) in [6.45, 7) is -0.00505. The van der Waals surface area contributed by atoms with Gasteiger partial charge in [0.2, 0.25) is 0 Å². The van der Waals surface area contributed by atoms with E-state index in [2.05, 4.69) is 0 Å². The van der Waals surface area contributed by atoms with Crippen molar-refractivity contribution in [2.75, 3.05) is 20.8 Å². The third-order valence-electron chi connectivity index (χ3n) is 3.74. The number of phenols is 2. The Morgan fingerprint density at radius 3 is 2.21 bits per heavy atom. The highest BCUT2D eigenvalue weighted by Crippen LogP contribution is 2.28. The van der Waals surface area contributed by atoms with E-state index in [1.165, 1.54) is 14.2 Å². The topological polar surface area (TPSA) is 79.2 Å². The van der Waals surface area contributed by atoms with Crippen LogP contribution in [0, 0.1) is 5.92 Å². The lowest BCUT2D eigenvalue weighted by Crippen LogP contribution is -2.06. The first-order valence-electron chi connectivity index (χ1n) is 7.59. The molecule has 0 spiro atoms. The molecule has 0 aliphatic carbocycles. The quantitative estimate of drug-likeness (QED) is 0.727. The standard InChI is InChI=1S/C19H22O5/c1-23-18-10-13(5-7-16(18)21)3-4-15(12-20)9-14-6-8-17(22)19(11-14)24-2/h3-8,10-11,15,20-22H,9,12H2,1-2H3/b4-3-/t15-/m0/s1. The summed E-state index contributed by atoms with van der Waals surface area (Å²) in [5, 5.41) is 28.8. The predicted molar refractivity (Wildman–Crippen MR) is 92.6 cm³/mol. The van der Waals surface area contributed by atoms with Gasteiger partial charge in [0.1, 0.15) is 0 Å². The second kappa shape index (κ2) is 8.26. The van der Waals surface area contributed by atoms with E-state index in [4.69, 9.17) is 9.47 Å². The van der Waals surface area contributed by atoms with E-state index >= 15 is 0 Å². The summed E-state index contributed by atoms with van der Waals surface area (Å²) in [4.78, 5) is 0. The van der Waals surface area contributed by atoms with Crippen LogP contribution in [0.3, 0.4) is 0 Å². The highest BCUT2D eigenvalue weighted by Gasteiger charge is 2.09. The number of aliphatic hydroxyl groups excluding tert-OH is 1. The van der Waals surface area contributed by atoms with Crippen LogP contribution in [0.25, 0.3) is 6.08 Å². The smallest absolute Gasteiger partial charge is 0.161 e. The molecule has 2 aromatic rings. The molecule has 0 unspecified atom stereocenters. The maximum atomic E-state index is 9.63. The molecule has 0 bridgehead atoms. The van der Waals surface area contributed by atoms with E-state index in [0.29, 0.717) is 17.9 Å². The molecule has 0 aliphatic rings. The van der Waals surface area contributed by atoms with Gasteiger partial charge in [-0.1, -0.05) is 24.3 Å². The zero-order valence-electron chi connectivity index (χ0n) is 13.8. The minimum Gasteiger partial charge on any atom is -0.504 e. The van der Waals surface area contributed by atoms with Gasteiger partial charge in [-0.15, -0.1) is 0 Å². The van der Waals surface area contributed by atoms with Gasteiger partial charge in [0.25, 0.3) is 0 Å². The molecule has 2 rings (SSSR count). The molecule has 0 heterocycles. The number of benzene rings is 2. The van der Waals surface area contributed by atoms with Crippen LogP contribution in [0.5, 0.6) is 23.0 Å². The molecular formula is C19H22O5. The van der Waals surface area contributed by atoms with Gasteiger partial charge in [0.05, 0.1) is 14.2 Å². The van der Waals surface area contributed by atoms with Crippen molar-refractivity contribution in [2.24, 2.45) is 5.92 Å². The molecule has 3 N–H and O–H groups in total. The van der Waals surface area contributed by atoms with Crippen LogP contribution in [-0.4, -0.2) is 36.1 Å². The first-order chi connectivity index (χ1) is 11.6. The normalized spacial score (nSPS) is 12.3. The molecule has 0 amide bonds. The third kappa shape index (κ3) is 4.43. The van der Waals surface area contributed by atoms with Crippen molar-refractivity contribution >= 4 is 6.08 Å². The van der Waals surface area contributed by atoms with Gasteiger partial charge in [-0.2, -0.15) is 0 Å². The Morgan fingerprint density at radius 1 is 0.958 bits per heavy atom. The predicted octanol–water partition coefficient (Wildman–Crippen LogP) is 2.98. The Balaban J connectivity index is 2.11. The Kier molecular flexibility index (Phi) is 6.09. The van der Waals surface area contributed by atoms with Crippen molar-refractivity contribution in [3.8, 4) is 23.0 Å². The summed E-state index contributed by atoms with van der Waals surface area (Å²) in [5.41, 5.74) is 1.82. The van der Waals surface area contributed by atoms with Gasteiger partial charge in [0.15, 0.2) is 23.0 Å². The fraction of sp³-hybridized carbons (Fsp3) is 0.263. The Morgan fingerprint density at radius 2 is 1.58 bits per heavy atom. The summed E-state index contributed by atoms with van der Waals surface area (Å²) in [6.07, 6.45) is 4.39. The fourth-order valence-electron chi connectivity index (χ4n) is 2.39. The van der Waals surface area contributed by atoms with Gasteiger partial charge < -0.3 is 24.8 Å². The number of rotatable bonds is 7. The van der Waals surface area contributed by atoms with E-state index in [1.54, 1.807) is 36.4 Å². The monoisotopic (exact) mass is 330 g/mol. The van der Waals surface area contributed by atoms with Crippen LogP contribution in [0.15, 0.2) is 42.5 Å². The summed E-state index contributed by atoms with van der Waals surface area (Å²) in [7, 11) is 3.00. The average Bonchev–Trinajstić information content (AvgIpc) is 2.61. The Bertz CT molecular complexity index is 709. The molecule has 0 radical (unpaired) electrons. The van der Waals surface area contributed by atoms with Gasteiger partial charge in [-0.25, -0.2) is 0 Å². The maximum absolute atomic E-state index is 9.63. The van der Waals surface area contributed by atoms with Crippen LogP contribution >= 0.6 is 0 Å². The summed E-state index contributed by atoms with van der Waals surface area (Å²) in [5.74, 6) is 0.912. The van der Waals surface area contributed by atoms with E-state index in [1.807, 2.05) is 12.2 Å². The van der Waals surface area contributed by atoms with Crippen molar-refractivity contribution in [2.45, 2.75) is 6.42 Å². The van der Waals surface area contributed by atoms with E-state index in [0.717, 1.165) is 11.1 Å². The van der Waals surface area contributed by atoms with E-state index < -0.39 is 0 Å². The summed E-state index contributed by atoms with van der Waals surface area (Å²) < 4.78 is 10.2. The van der Waals surface area contributed by atoms with Gasteiger partial charge in [-0.05, 0) is 41.8 Å². The third-order valence-corrected chi connectivity index (χ3v) is 3.74. The molecule has 0 fully saturated rings. The second-order valence-corrected chi connectivity index (χ2v) is 5.44. The first-order valence-corrected chi connectivity index (χ1v) is 7.59. The number of hydrogen-bond acceptors (Lipinski definition) is 5. The highest BCUT2D eigenvalue weighted by molar-refractivity contribution is 5.55. The van der Waals surface area contributed by atoms with Gasteiger partial charge >= 0.3 is 0 Å². The molecule has 24 heavy (non-hydrogen) atoms. The number of phenolic OH excluding ortho intramolecular Hbond substituents is 2. The fourth-order valence-corrected chi connectivity index (χ4v) is 2.39. The number of aliphatic hydroxyl groups is 1.